The Balaban J connectivity index is 1.45. The molecule has 2 N–H and O–H groups in total. The van der Waals surface area contributed by atoms with Gasteiger partial charge in [-0.3, -0.25) is 4.99 Å². The Kier molecular flexibility index (Phi) is 5.88. The van der Waals surface area contributed by atoms with Crippen molar-refractivity contribution in [2.24, 2.45) is 4.99 Å². The Hall–Kier alpha value is -2.83. The number of hydrogen-bond donors (Lipinski definition) is 2. The maximum Gasteiger partial charge on any atom is 0.191 e. The van der Waals surface area contributed by atoms with Crippen molar-refractivity contribution in [3.8, 4) is 11.5 Å². The third-order valence-electron chi connectivity index (χ3n) is 3.98. The van der Waals surface area contributed by atoms with Gasteiger partial charge in [-0.15, -0.1) is 0 Å². The molecular weight excluding hydrogens is 340 g/mol. The van der Waals surface area contributed by atoms with E-state index in [-0.39, 0.29) is 6.10 Å². The smallest absolute Gasteiger partial charge is 0.191 e. The number of hydrogen-bond acceptors (Lipinski definition) is 3. The number of para-hydroxylation sites is 2. The lowest BCUT2D eigenvalue weighted by atomic mass is 10.1. The molecule has 1 aliphatic heterocycles. The van der Waals surface area contributed by atoms with Gasteiger partial charge in [0.05, 0.1) is 6.54 Å². The number of nitrogens with one attached hydrogen (secondary N) is 2. The summed E-state index contributed by atoms with van der Waals surface area (Å²) in [5.74, 6) is 1.16. The third-order valence-corrected chi connectivity index (χ3v) is 3.98. The van der Waals surface area contributed by atoms with Crippen LogP contribution in [-0.4, -0.2) is 38.8 Å². The SMILES string of the molecule is CN=C(NCCc1cc(F)ccc1F)NCC1COc2ccccc2O1. The average molecular weight is 361 g/mol. The van der Waals surface area contributed by atoms with Crippen molar-refractivity contribution in [2.45, 2.75) is 12.5 Å². The van der Waals surface area contributed by atoms with Gasteiger partial charge in [0.15, 0.2) is 17.5 Å². The first kappa shape index (κ1) is 18.0. The number of fused-ring (bicyclic) bond motifs is 1. The molecule has 138 valence electrons. The number of aliphatic imine (C=N–C) groups is 1. The van der Waals surface area contributed by atoms with Crippen LogP contribution in [0.15, 0.2) is 47.5 Å². The second-order valence-corrected chi connectivity index (χ2v) is 5.86. The monoisotopic (exact) mass is 361 g/mol. The summed E-state index contributed by atoms with van der Waals surface area (Å²) in [4.78, 5) is 4.12. The quantitative estimate of drug-likeness (QED) is 0.635. The molecule has 3 rings (SSSR count). The Morgan fingerprint density at radius 2 is 1.96 bits per heavy atom. The van der Waals surface area contributed by atoms with E-state index in [1.54, 1.807) is 7.05 Å². The average Bonchev–Trinajstić information content (AvgIpc) is 2.67. The molecule has 1 heterocycles. The lowest BCUT2D eigenvalue weighted by Crippen LogP contribution is -2.45. The van der Waals surface area contributed by atoms with Crippen LogP contribution in [0.4, 0.5) is 8.78 Å². The minimum absolute atomic E-state index is 0.149. The molecule has 1 atom stereocenters. The van der Waals surface area contributed by atoms with Crippen molar-refractivity contribution < 1.29 is 18.3 Å². The van der Waals surface area contributed by atoms with Crippen molar-refractivity contribution in [3.05, 3.63) is 59.7 Å². The van der Waals surface area contributed by atoms with E-state index in [4.69, 9.17) is 9.47 Å². The molecule has 1 aliphatic rings. The lowest BCUT2D eigenvalue weighted by molar-refractivity contribution is 0.0936. The fraction of sp³-hybridized carbons (Fsp3) is 0.316. The maximum absolute atomic E-state index is 13.6. The molecular formula is C19H21F2N3O2. The molecule has 0 bridgehead atoms. The van der Waals surface area contributed by atoms with E-state index in [1.165, 1.54) is 6.07 Å². The van der Waals surface area contributed by atoms with Crippen molar-refractivity contribution in [3.63, 3.8) is 0 Å². The van der Waals surface area contributed by atoms with Crippen LogP contribution >= 0.6 is 0 Å². The van der Waals surface area contributed by atoms with Crippen LogP contribution in [0.2, 0.25) is 0 Å². The molecule has 5 nitrogen and oxygen atoms in total. The minimum Gasteiger partial charge on any atom is -0.486 e. The molecule has 7 heteroatoms. The van der Waals surface area contributed by atoms with E-state index in [1.807, 2.05) is 24.3 Å². The van der Waals surface area contributed by atoms with E-state index in [0.717, 1.165) is 23.6 Å². The van der Waals surface area contributed by atoms with Gasteiger partial charge in [-0.05, 0) is 42.3 Å². The minimum atomic E-state index is -0.446. The number of ether oxygens (including phenoxy) is 2. The van der Waals surface area contributed by atoms with E-state index in [2.05, 4.69) is 15.6 Å². The van der Waals surface area contributed by atoms with Crippen molar-refractivity contribution >= 4 is 5.96 Å². The predicted molar refractivity (Wildman–Crippen MR) is 95.8 cm³/mol. The summed E-state index contributed by atoms with van der Waals surface area (Å²) in [6.45, 7) is 1.36. The highest BCUT2D eigenvalue weighted by Crippen LogP contribution is 2.30. The largest absolute Gasteiger partial charge is 0.486 e. The van der Waals surface area contributed by atoms with Gasteiger partial charge in [0, 0.05) is 13.6 Å². The van der Waals surface area contributed by atoms with Crippen LogP contribution < -0.4 is 20.1 Å². The number of rotatable bonds is 5. The third kappa shape index (κ3) is 4.62. The fourth-order valence-electron chi connectivity index (χ4n) is 2.65. The summed E-state index contributed by atoms with van der Waals surface area (Å²) >= 11 is 0. The molecule has 0 aliphatic carbocycles. The Morgan fingerprint density at radius 3 is 2.77 bits per heavy atom. The topological polar surface area (TPSA) is 54.9 Å². The fourth-order valence-corrected chi connectivity index (χ4v) is 2.65. The maximum atomic E-state index is 13.6. The second-order valence-electron chi connectivity index (χ2n) is 5.86. The van der Waals surface area contributed by atoms with Gasteiger partial charge in [-0.2, -0.15) is 0 Å². The van der Waals surface area contributed by atoms with E-state index in [9.17, 15) is 8.78 Å². The number of guanidine groups is 1. The van der Waals surface area contributed by atoms with Crippen LogP contribution in [0.25, 0.3) is 0 Å². The summed E-state index contributed by atoms with van der Waals surface area (Å²) in [5.41, 5.74) is 0.327. The highest BCUT2D eigenvalue weighted by atomic mass is 19.1. The van der Waals surface area contributed by atoms with Crippen LogP contribution in [0, 0.1) is 11.6 Å². The Bertz CT molecular complexity index is 783. The first-order valence-electron chi connectivity index (χ1n) is 8.42. The van der Waals surface area contributed by atoms with Crippen molar-refractivity contribution in [1.82, 2.24) is 10.6 Å². The Morgan fingerprint density at radius 1 is 1.15 bits per heavy atom. The molecule has 1 unspecified atom stereocenters. The van der Waals surface area contributed by atoms with E-state index < -0.39 is 11.6 Å². The van der Waals surface area contributed by atoms with E-state index in [0.29, 0.717) is 37.6 Å². The standard InChI is InChI=1S/C19H21F2N3O2/c1-22-19(23-9-8-13-10-14(20)6-7-16(13)21)24-11-15-12-25-17-4-2-3-5-18(17)26-15/h2-7,10,15H,8-9,11-12H2,1H3,(H2,22,23,24). The second kappa shape index (κ2) is 8.51. The van der Waals surface area contributed by atoms with E-state index >= 15 is 0 Å². The zero-order chi connectivity index (χ0) is 18.4. The normalized spacial score (nSPS) is 16.3. The summed E-state index contributed by atoms with van der Waals surface area (Å²) in [7, 11) is 1.64. The molecule has 2 aromatic rings. The van der Waals surface area contributed by atoms with Crippen LogP contribution in [0.3, 0.4) is 0 Å². The summed E-state index contributed by atoms with van der Waals surface area (Å²) in [5, 5.41) is 6.22. The number of nitrogens with zero attached hydrogens (tertiary/aromatic N) is 1. The van der Waals surface area contributed by atoms with Crippen LogP contribution in [0.1, 0.15) is 5.56 Å². The molecule has 0 saturated heterocycles. The van der Waals surface area contributed by atoms with Gasteiger partial charge >= 0.3 is 0 Å². The molecule has 0 saturated carbocycles. The number of halogens is 2. The number of benzene rings is 2. The predicted octanol–water partition coefficient (Wildman–Crippen LogP) is 2.51. The lowest BCUT2D eigenvalue weighted by Gasteiger charge is -2.27. The Labute approximate surface area is 151 Å². The van der Waals surface area contributed by atoms with Gasteiger partial charge in [0.1, 0.15) is 24.3 Å². The van der Waals surface area contributed by atoms with Crippen molar-refractivity contribution in [1.29, 1.82) is 0 Å². The zero-order valence-corrected chi connectivity index (χ0v) is 14.5. The molecule has 2 aromatic carbocycles. The first-order valence-corrected chi connectivity index (χ1v) is 8.42. The summed E-state index contributed by atoms with van der Waals surface area (Å²) < 4.78 is 38.3. The van der Waals surface area contributed by atoms with Crippen molar-refractivity contribution in [2.75, 3.05) is 26.7 Å². The zero-order valence-electron chi connectivity index (χ0n) is 14.5. The van der Waals surface area contributed by atoms with Gasteiger partial charge < -0.3 is 20.1 Å². The van der Waals surface area contributed by atoms with Gasteiger partial charge in [0.2, 0.25) is 0 Å². The van der Waals surface area contributed by atoms with Gasteiger partial charge in [-0.1, -0.05) is 12.1 Å². The van der Waals surface area contributed by atoms with Gasteiger partial charge in [-0.25, -0.2) is 8.78 Å². The molecule has 0 aromatic heterocycles. The summed E-state index contributed by atoms with van der Waals surface area (Å²) in [6, 6.07) is 11.0. The highest BCUT2D eigenvalue weighted by Gasteiger charge is 2.20. The molecule has 0 amide bonds. The van der Waals surface area contributed by atoms with Crippen LogP contribution in [-0.2, 0) is 6.42 Å². The first-order chi connectivity index (χ1) is 12.7. The highest BCUT2D eigenvalue weighted by molar-refractivity contribution is 5.79. The van der Waals surface area contributed by atoms with Gasteiger partial charge in [0.25, 0.3) is 0 Å². The molecule has 0 radical (unpaired) electrons. The van der Waals surface area contributed by atoms with Crippen LogP contribution in [0.5, 0.6) is 11.5 Å². The summed E-state index contributed by atoms with van der Waals surface area (Å²) in [6.07, 6.45) is 0.199. The molecule has 26 heavy (non-hydrogen) atoms. The molecule has 0 fully saturated rings. The molecule has 0 spiro atoms.